The van der Waals surface area contributed by atoms with E-state index < -0.39 is 80.3 Å². The average Bonchev–Trinajstić information content (AvgIpc) is 3.42. The number of ether oxygens (including phenoxy) is 4. The summed E-state index contributed by atoms with van der Waals surface area (Å²) in [4.78, 5) is 13.0. The van der Waals surface area contributed by atoms with Gasteiger partial charge in [0.2, 0.25) is 5.79 Å². The third-order valence-corrected chi connectivity index (χ3v) is 11.4. The van der Waals surface area contributed by atoms with Gasteiger partial charge in [-0.1, -0.05) is 174 Å². The molecule has 0 bridgehead atoms. The zero-order valence-electron chi connectivity index (χ0n) is 34.1. The largest absolute Gasteiger partial charge is 0.405 e. The van der Waals surface area contributed by atoms with Gasteiger partial charge in [0.05, 0.1) is 13.2 Å². The molecule has 2 aliphatic rings. The van der Waals surface area contributed by atoms with E-state index in [0.717, 1.165) is 25.7 Å². The van der Waals surface area contributed by atoms with Crippen molar-refractivity contribution in [1.29, 1.82) is 0 Å². The molecular weight excluding hydrogens is 712 g/mol. The molecule has 1 unspecified atom stereocenters. The molecule has 0 amide bonds. The topological polar surface area (TPSA) is 216 Å². The number of esters is 1. The molecule has 2 fully saturated rings. The van der Waals surface area contributed by atoms with Crippen LogP contribution in [0.2, 0.25) is 0 Å². The molecule has 0 aliphatic carbocycles. The van der Waals surface area contributed by atoms with E-state index in [1.165, 1.54) is 141 Å². The van der Waals surface area contributed by atoms with Crippen LogP contribution in [0, 0.1) is 0 Å². The van der Waals surface area contributed by atoms with Gasteiger partial charge in [-0.05, 0) is 6.42 Å². The molecule has 13 nitrogen and oxygen atoms in total. The second kappa shape index (κ2) is 29.3. The van der Waals surface area contributed by atoms with Crippen LogP contribution >= 0.6 is 0 Å². The number of hydrogen-bond donors (Lipinski definition) is 8. The van der Waals surface area contributed by atoms with E-state index in [9.17, 15) is 45.6 Å². The molecule has 55 heavy (non-hydrogen) atoms. The van der Waals surface area contributed by atoms with Gasteiger partial charge >= 0.3 is 11.9 Å². The van der Waals surface area contributed by atoms with Crippen LogP contribution in [-0.2, 0) is 23.7 Å². The zero-order valence-corrected chi connectivity index (χ0v) is 34.1. The molecule has 0 saturated carbocycles. The first-order valence-electron chi connectivity index (χ1n) is 22.1. The van der Waals surface area contributed by atoms with Gasteiger partial charge in [-0.2, -0.15) is 0 Å². The van der Waals surface area contributed by atoms with Crippen molar-refractivity contribution in [2.45, 2.75) is 241 Å². The summed E-state index contributed by atoms with van der Waals surface area (Å²) in [7, 11) is 0. The molecule has 326 valence electrons. The first kappa shape index (κ1) is 50.2. The minimum absolute atomic E-state index is 0.125. The van der Waals surface area contributed by atoms with E-state index in [2.05, 4.69) is 6.92 Å². The van der Waals surface area contributed by atoms with Gasteiger partial charge in [0.25, 0.3) is 0 Å². The Balaban J connectivity index is 1.52. The smallest absolute Gasteiger partial charge is 0.362 e. The van der Waals surface area contributed by atoms with Gasteiger partial charge in [-0.3, -0.25) is 9.53 Å². The quantitative estimate of drug-likeness (QED) is 0.0233. The van der Waals surface area contributed by atoms with Gasteiger partial charge < -0.3 is 55.1 Å². The fraction of sp³-hybridized carbons (Fsp3) is 0.976. The standard InChI is InChI=1S/C42H80O13/c1-2-3-4-5-6-7-8-9-10-11-12-13-14-15-16-17-18-19-20-21-22-23-24-25-26-27-28-29-35(46)54-42(40(51)38(49)36(47)33(30-43)53-42)55-41(32-45)39(50)37(48)34(31-44)52-41/h33-34,36-40,43-45,47-51H,2-32H2,1H3/t33-,34-,36-,37-,38+,39+,40-,41?,42+/m1/s1. The molecule has 8 N–H and O–H groups in total. The number of aliphatic hydroxyl groups is 8. The van der Waals surface area contributed by atoms with Gasteiger partial charge in [-0.15, -0.1) is 0 Å². The summed E-state index contributed by atoms with van der Waals surface area (Å²) in [6, 6.07) is 0. The molecule has 2 saturated heterocycles. The Bertz CT molecular complexity index is 956. The van der Waals surface area contributed by atoms with Gasteiger partial charge in [0.15, 0.2) is 6.10 Å². The molecule has 2 rings (SSSR count). The molecule has 13 heteroatoms. The summed E-state index contributed by atoms with van der Waals surface area (Å²) in [6.45, 7) is -0.539. The average molecular weight is 793 g/mol. The molecule has 0 spiro atoms. The van der Waals surface area contributed by atoms with Crippen LogP contribution in [0.25, 0.3) is 0 Å². The molecule has 9 atom stereocenters. The highest BCUT2D eigenvalue weighted by molar-refractivity contribution is 5.69. The van der Waals surface area contributed by atoms with Crippen LogP contribution in [0.3, 0.4) is 0 Å². The van der Waals surface area contributed by atoms with Crippen molar-refractivity contribution in [1.82, 2.24) is 0 Å². The minimum Gasteiger partial charge on any atom is -0.405 e. The summed E-state index contributed by atoms with van der Waals surface area (Å²) in [5, 5.41) is 81.9. The van der Waals surface area contributed by atoms with Crippen LogP contribution in [0.5, 0.6) is 0 Å². The predicted molar refractivity (Wildman–Crippen MR) is 209 cm³/mol. The van der Waals surface area contributed by atoms with Crippen LogP contribution in [-0.4, -0.2) is 121 Å². The van der Waals surface area contributed by atoms with Crippen LogP contribution in [0.1, 0.15) is 187 Å². The Morgan fingerprint density at radius 3 is 1.20 bits per heavy atom. The van der Waals surface area contributed by atoms with Crippen molar-refractivity contribution in [2.24, 2.45) is 0 Å². The third-order valence-electron chi connectivity index (χ3n) is 11.4. The second-order valence-electron chi connectivity index (χ2n) is 16.1. The van der Waals surface area contributed by atoms with Gasteiger partial charge in [-0.25, -0.2) is 0 Å². The lowest BCUT2D eigenvalue weighted by molar-refractivity contribution is -0.498. The molecule has 2 aliphatic heterocycles. The lowest BCUT2D eigenvalue weighted by Crippen LogP contribution is -2.70. The van der Waals surface area contributed by atoms with Gasteiger partial charge in [0.1, 0.15) is 43.2 Å². The number of aliphatic hydroxyl groups excluding tert-OH is 8. The summed E-state index contributed by atoms with van der Waals surface area (Å²) < 4.78 is 21.8. The summed E-state index contributed by atoms with van der Waals surface area (Å²) in [5.74, 6) is -6.44. The Labute approximate surface area is 331 Å². The molecular formula is C42H80O13. The summed E-state index contributed by atoms with van der Waals surface area (Å²) in [5.41, 5.74) is 0. The molecule has 0 radical (unpaired) electrons. The first-order valence-corrected chi connectivity index (χ1v) is 22.1. The van der Waals surface area contributed by atoms with E-state index in [-0.39, 0.29) is 6.42 Å². The van der Waals surface area contributed by atoms with E-state index >= 15 is 0 Å². The fourth-order valence-corrected chi connectivity index (χ4v) is 7.77. The monoisotopic (exact) mass is 793 g/mol. The predicted octanol–water partition coefficient (Wildman–Crippen LogP) is 5.42. The van der Waals surface area contributed by atoms with Crippen LogP contribution in [0.15, 0.2) is 0 Å². The van der Waals surface area contributed by atoms with Crippen molar-refractivity contribution >= 4 is 5.97 Å². The highest BCUT2D eigenvalue weighted by Crippen LogP contribution is 2.41. The second-order valence-corrected chi connectivity index (χ2v) is 16.1. The maximum absolute atomic E-state index is 13.0. The lowest BCUT2D eigenvalue weighted by atomic mass is 9.97. The van der Waals surface area contributed by atoms with Gasteiger partial charge in [0, 0.05) is 6.42 Å². The highest BCUT2D eigenvalue weighted by atomic mass is 16.9. The first-order chi connectivity index (χ1) is 26.6. The van der Waals surface area contributed by atoms with E-state index in [0.29, 0.717) is 6.42 Å². The number of hydrogen-bond acceptors (Lipinski definition) is 13. The Morgan fingerprint density at radius 1 is 0.491 bits per heavy atom. The zero-order chi connectivity index (χ0) is 40.4. The summed E-state index contributed by atoms with van der Waals surface area (Å²) in [6.07, 6.45) is 21.3. The highest BCUT2D eigenvalue weighted by Gasteiger charge is 2.65. The molecule has 2 heterocycles. The SMILES string of the molecule is CCCCCCCCCCCCCCCCCCCCCCCCCCCCCC(=O)O[C@@]1(OC2(CO)O[C@H](CO)[C@@H](O)[C@@H]2O)O[C@H](CO)[C@@H](O)[C@H](O)[C@H]1O. The van der Waals surface area contributed by atoms with Crippen molar-refractivity contribution in [3.8, 4) is 0 Å². The number of unbranched alkanes of at least 4 members (excludes halogenated alkanes) is 26. The molecule has 0 aromatic heterocycles. The van der Waals surface area contributed by atoms with E-state index in [1.54, 1.807) is 0 Å². The Morgan fingerprint density at radius 2 is 0.855 bits per heavy atom. The summed E-state index contributed by atoms with van der Waals surface area (Å²) >= 11 is 0. The number of carbonyl (C=O) groups is 1. The van der Waals surface area contributed by atoms with Crippen molar-refractivity contribution in [2.75, 3.05) is 19.8 Å². The third kappa shape index (κ3) is 17.8. The fourth-order valence-electron chi connectivity index (χ4n) is 7.77. The minimum atomic E-state index is -2.96. The maximum Gasteiger partial charge on any atom is 0.362 e. The van der Waals surface area contributed by atoms with Crippen LogP contribution < -0.4 is 0 Å². The lowest BCUT2D eigenvalue weighted by Gasteiger charge is -2.49. The Hall–Kier alpha value is -0.970. The Kier molecular flexibility index (Phi) is 26.7. The van der Waals surface area contributed by atoms with Crippen molar-refractivity contribution in [3.63, 3.8) is 0 Å². The van der Waals surface area contributed by atoms with E-state index in [1.807, 2.05) is 0 Å². The number of rotatable bonds is 34. The van der Waals surface area contributed by atoms with E-state index in [4.69, 9.17) is 18.9 Å². The number of carbonyl (C=O) groups excluding carboxylic acids is 1. The van der Waals surface area contributed by atoms with Crippen molar-refractivity contribution in [3.05, 3.63) is 0 Å². The maximum atomic E-state index is 13.0. The molecule has 0 aromatic rings. The normalized spacial score (nSPS) is 29.6. The van der Waals surface area contributed by atoms with Crippen LogP contribution in [0.4, 0.5) is 0 Å². The molecule has 0 aromatic carbocycles. The van der Waals surface area contributed by atoms with Crippen molar-refractivity contribution < 1.29 is 64.6 Å².